The van der Waals surface area contributed by atoms with Crippen molar-refractivity contribution in [2.75, 3.05) is 19.3 Å². The lowest BCUT2D eigenvalue weighted by molar-refractivity contribution is 0.274. The van der Waals surface area contributed by atoms with Crippen molar-refractivity contribution in [2.45, 2.75) is 76.4 Å². The molecule has 0 atom stereocenters. The molecule has 0 bridgehead atoms. The molecule has 1 aliphatic rings. The van der Waals surface area contributed by atoms with Crippen molar-refractivity contribution in [1.29, 1.82) is 0 Å². The zero-order chi connectivity index (χ0) is 37.2. The van der Waals surface area contributed by atoms with Gasteiger partial charge in [0.2, 0.25) is 10.0 Å². The van der Waals surface area contributed by atoms with E-state index in [2.05, 4.69) is 61.3 Å². The van der Waals surface area contributed by atoms with Crippen LogP contribution >= 0.6 is 0 Å². The molecule has 0 aliphatic carbocycles. The number of fused-ring (bicyclic) bond motifs is 2. The number of aryl methyl sites for hydroxylation is 1. The number of piperidine rings is 1. The van der Waals surface area contributed by atoms with E-state index < -0.39 is 18.3 Å². The first kappa shape index (κ1) is 36.9. The number of hydrogen-bond donors (Lipinski definition) is 1. The number of benzene rings is 3. The minimum Gasteiger partial charge on any atom is -0.424 e. The molecule has 1 N–H and O–H groups in total. The van der Waals surface area contributed by atoms with Gasteiger partial charge in [-0.05, 0) is 64.5 Å². The highest BCUT2D eigenvalue weighted by Crippen LogP contribution is 2.40. The molecular weight excluding hydrogens is 699 g/mol. The summed E-state index contributed by atoms with van der Waals surface area (Å²) in [6.07, 6.45) is 12.4. The Hall–Kier alpha value is -4.42. The lowest BCUT2D eigenvalue weighted by atomic mass is 9.97. The maximum absolute atomic E-state index is 14.2. The van der Waals surface area contributed by atoms with Crippen LogP contribution in [0.3, 0.4) is 0 Å². The number of pyridine rings is 2. The van der Waals surface area contributed by atoms with Crippen molar-refractivity contribution in [1.82, 2.24) is 23.4 Å². The number of nitrogens with zero attached hydrogens (tertiary/aromatic N) is 5. The molecule has 7 rings (SSSR count). The Morgan fingerprint density at radius 2 is 1.47 bits per heavy atom. The highest BCUT2D eigenvalue weighted by atomic mass is 32.2. The second-order valence-corrected chi connectivity index (χ2v) is 21.1. The van der Waals surface area contributed by atoms with Gasteiger partial charge in [0.25, 0.3) is 8.32 Å². The predicted octanol–water partition coefficient (Wildman–Crippen LogP) is 6.03. The van der Waals surface area contributed by atoms with E-state index in [-0.39, 0.29) is 16.8 Å². The van der Waals surface area contributed by atoms with E-state index in [9.17, 15) is 18.0 Å². The molecule has 0 radical (unpaired) electrons. The van der Waals surface area contributed by atoms with Crippen LogP contribution in [-0.2, 0) is 23.0 Å². The third-order valence-corrected chi connectivity index (χ3v) is 17.3. The number of aromatic nitrogens is 4. The molecule has 0 amide bonds. The average Bonchev–Trinajstić information content (AvgIpc) is 3.45. The van der Waals surface area contributed by atoms with E-state index >= 15 is 0 Å². The van der Waals surface area contributed by atoms with Crippen molar-refractivity contribution in [3.05, 3.63) is 131 Å². The minimum absolute atomic E-state index is 0.107. The van der Waals surface area contributed by atoms with E-state index in [0.29, 0.717) is 32.5 Å². The zero-order valence-corrected chi connectivity index (χ0v) is 32.7. The molecule has 0 saturated carbocycles. The van der Waals surface area contributed by atoms with Gasteiger partial charge in [-0.25, -0.2) is 17.5 Å². The molecule has 3 aromatic carbocycles. The molecule has 0 spiro atoms. The summed E-state index contributed by atoms with van der Waals surface area (Å²) in [4.78, 5) is 36.2. The Labute approximate surface area is 313 Å². The summed E-state index contributed by atoms with van der Waals surface area (Å²) >= 11 is 0. The summed E-state index contributed by atoms with van der Waals surface area (Å²) in [6, 6.07) is 30.5. The van der Waals surface area contributed by atoms with Gasteiger partial charge in [0, 0.05) is 36.9 Å². The molecule has 1 fully saturated rings. The van der Waals surface area contributed by atoms with Gasteiger partial charge in [-0.3, -0.25) is 19.1 Å². The third-order valence-electron chi connectivity index (χ3n) is 11.4. The number of hydrogen-bond acceptors (Lipinski definition) is 6. The number of rotatable bonds is 13. The van der Waals surface area contributed by atoms with Crippen LogP contribution in [0, 0.1) is 0 Å². The molecule has 276 valence electrons. The maximum atomic E-state index is 14.2. The maximum Gasteiger partial charge on any atom is 0.329 e. The number of sulfonamides is 1. The van der Waals surface area contributed by atoms with Crippen LogP contribution in [0.15, 0.2) is 114 Å². The Morgan fingerprint density at radius 1 is 0.830 bits per heavy atom. The number of unbranched alkanes of at least 4 members (excludes halogenated alkanes) is 2. The normalized spacial score (nSPS) is 15.0. The van der Waals surface area contributed by atoms with Crippen molar-refractivity contribution < 1.29 is 13.2 Å². The summed E-state index contributed by atoms with van der Waals surface area (Å²) in [5, 5.41) is 3.99. The molecule has 11 heteroatoms. The second kappa shape index (κ2) is 15.1. The van der Waals surface area contributed by atoms with Crippen molar-refractivity contribution in [3.8, 4) is 0 Å². The zero-order valence-electron chi connectivity index (χ0n) is 30.9. The molecule has 4 heterocycles. The van der Waals surface area contributed by atoms with Crippen LogP contribution in [0.2, 0.25) is 5.04 Å². The SMILES string of the molecule is CC(C)(CCCCCc1c(Cn2c(=O)n(C3CCN(S(C)(=O)=O)CC3)c3ccncc32)ncc2ccccc12)[Si](O)(c1ccccc1)c1ccccc1. The van der Waals surface area contributed by atoms with Crippen LogP contribution in [0.1, 0.15) is 69.7 Å². The minimum atomic E-state index is -3.28. The second-order valence-electron chi connectivity index (χ2n) is 15.2. The van der Waals surface area contributed by atoms with Gasteiger partial charge < -0.3 is 4.80 Å². The largest absolute Gasteiger partial charge is 0.424 e. The summed E-state index contributed by atoms with van der Waals surface area (Å²) in [5.74, 6) is 0. The van der Waals surface area contributed by atoms with Crippen molar-refractivity contribution in [2.24, 2.45) is 0 Å². The van der Waals surface area contributed by atoms with Crippen molar-refractivity contribution >= 4 is 50.5 Å². The topological polar surface area (TPSA) is 110 Å². The Kier molecular flexibility index (Phi) is 10.5. The van der Waals surface area contributed by atoms with Crippen LogP contribution in [-0.4, -0.2) is 64.3 Å². The van der Waals surface area contributed by atoms with Gasteiger partial charge in [0.1, 0.15) is 0 Å². The van der Waals surface area contributed by atoms with E-state index in [1.807, 2.05) is 59.3 Å². The first-order valence-electron chi connectivity index (χ1n) is 18.7. The van der Waals surface area contributed by atoms with Gasteiger partial charge >= 0.3 is 5.69 Å². The molecule has 1 saturated heterocycles. The fourth-order valence-electron chi connectivity index (χ4n) is 8.43. The van der Waals surface area contributed by atoms with Crippen LogP contribution < -0.4 is 16.1 Å². The lowest BCUT2D eigenvalue weighted by Crippen LogP contribution is -2.65. The van der Waals surface area contributed by atoms with Gasteiger partial charge in [-0.2, -0.15) is 0 Å². The first-order valence-corrected chi connectivity index (χ1v) is 22.5. The van der Waals surface area contributed by atoms with Gasteiger partial charge in [-0.15, -0.1) is 0 Å². The molecule has 53 heavy (non-hydrogen) atoms. The Morgan fingerprint density at radius 3 is 2.13 bits per heavy atom. The van der Waals surface area contributed by atoms with Crippen LogP contribution in [0.25, 0.3) is 21.8 Å². The van der Waals surface area contributed by atoms with Crippen LogP contribution in [0.4, 0.5) is 0 Å². The molecule has 9 nitrogen and oxygen atoms in total. The summed E-state index contributed by atoms with van der Waals surface area (Å²) in [5.41, 5.74) is 3.46. The monoisotopic (exact) mass is 747 g/mol. The Bertz CT molecular complexity index is 2330. The van der Waals surface area contributed by atoms with E-state index in [1.54, 1.807) is 17.0 Å². The molecular formula is C42H49N5O4SSi. The van der Waals surface area contributed by atoms with Gasteiger partial charge in [0.05, 0.1) is 35.7 Å². The standard InChI is InChI=1S/C42H49N5O4SSi/c1-42(2,53(51,34-16-7-4-8-17-34)35-18-9-5-10-19-35)25-14-6-11-21-37-36-20-13-12-15-32(36)29-44-38(37)31-46-40-30-43-26-22-39(40)47(41(46)48)33-23-27-45(28-24-33)52(3,49)50/h4-5,7-10,12-13,15-20,22,26,29-30,33,51H,6,11,14,21,23-25,27-28,31H2,1-3H3. The van der Waals surface area contributed by atoms with E-state index in [1.165, 1.54) is 10.6 Å². The first-order chi connectivity index (χ1) is 25.5. The summed E-state index contributed by atoms with van der Waals surface area (Å²) < 4.78 is 29.5. The Balaban J connectivity index is 1.12. The highest BCUT2D eigenvalue weighted by molar-refractivity contribution is 7.88. The van der Waals surface area contributed by atoms with Crippen molar-refractivity contribution in [3.63, 3.8) is 0 Å². The quantitative estimate of drug-likeness (QED) is 0.114. The van der Waals surface area contributed by atoms with Gasteiger partial charge in [-0.1, -0.05) is 112 Å². The highest BCUT2D eigenvalue weighted by Gasteiger charge is 2.49. The predicted molar refractivity (Wildman–Crippen MR) is 216 cm³/mol. The summed E-state index contributed by atoms with van der Waals surface area (Å²) in [7, 11) is -6.35. The number of imidazole rings is 1. The molecule has 1 aliphatic heterocycles. The molecule has 6 aromatic rings. The molecule has 0 unspecified atom stereocenters. The average molecular weight is 748 g/mol. The van der Waals surface area contributed by atoms with E-state index in [0.717, 1.165) is 75.5 Å². The van der Waals surface area contributed by atoms with Gasteiger partial charge in [0.15, 0.2) is 0 Å². The third kappa shape index (κ3) is 7.27. The summed E-state index contributed by atoms with van der Waals surface area (Å²) in [6.45, 7) is 5.55. The fourth-order valence-corrected chi connectivity index (χ4v) is 13.1. The lowest BCUT2D eigenvalue weighted by Gasteiger charge is -2.41. The molecule has 3 aromatic heterocycles. The van der Waals surface area contributed by atoms with E-state index in [4.69, 9.17) is 4.98 Å². The fraction of sp³-hybridized carbons (Fsp3) is 0.357. The smallest absolute Gasteiger partial charge is 0.329 e. The van der Waals surface area contributed by atoms with Crippen LogP contribution in [0.5, 0.6) is 0 Å².